The number of thiazole rings is 1. The lowest BCUT2D eigenvalue weighted by atomic mass is 9.92. The Morgan fingerprint density at radius 3 is 2.52 bits per heavy atom. The highest BCUT2D eigenvalue weighted by molar-refractivity contribution is 7.22. The van der Waals surface area contributed by atoms with Crippen molar-refractivity contribution >= 4 is 38.6 Å². The van der Waals surface area contributed by atoms with Gasteiger partial charge in [0.1, 0.15) is 5.82 Å². The van der Waals surface area contributed by atoms with Crippen molar-refractivity contribution in [1.82, 2.24) is 9.88 Å². The monoisotopic (exact) mass is 419 g/mol. The summed E-state index contributed by atoms with van der Waals surface area (Å²) in [6.45, 7) is 5.03. The Morgan fingerprint density at radius 2 is 1.83 bits per heavy atom. The number of amides is 1. The Hall–Kier alpha value is -2.22. The lowest BCUT2D eigenvalue weighted by Crippen LogP contribution is -2.46. The molecule has 1 aromatic heterocycles. The third-order valence-electron chi connectivity index (χ3n) is 5.88. The van der Waals surface area contributed by atoms with Crippen molar-refractivity contribution in [1.29, 1.82) is 0 Å². The van der Waals surface area contributed by atoms with Crippen molar-refractivity contribution in [2.24, 2.45) is 11.8 Å². The van der Waals surface area contributed by atoms with Crippen LogP contribution in [0.2, 0.25) is 0 Å². The molecule has 0 atom stereocenters. The third-order valence-corrected chi connectivity index (χ3v) is 6.96. The van der Waals surface area contributed by atoms with Gasteiger partial charge in [-0.05, 0) is 50.8 Å². The molecule has 3 heterocycles. The van der Waals surface area contributed by atoms with Gasteiger partial charge in [-0.15, -0.1) is 0 Å². The number of likely N-dealkylation sites (tertiary alicyclic amines) is 1. The first-order valence-corrected chi connectivity index (χ1v) is 11.1. The summed E-state index contributed by atoms with van der Waals surface area (Å²) in [6, 6.07) is 4.66. The number of carbonyl (C=O) groups is 2. The maximum absolute atomic E-state index is 13.4. The van der Waals surface area contributed by atoms with E-state index in [1.54, 1.807) is 6.07 Å². The minimum absolute atomic E-state index is 0.0252. The minimum atomic E-state index is -0.247. The van der Waals surface area contributed by atoms with Crippen molar-refractivity contribution < 1.29 is 18.7 Å². The molecule has 0 spiro atoms. The van der Waals surface area contributed by atoms with E-state index in [1.807, 2.05) is 11.8 Å². The number of rotatable bonds is 4. The van der Waals surface area contributed by atoms with Crippen LogP contribution in [0.3, 0.4) is 0 Å². The normalized spacial score (nSPS) is 19.0. The second-order valence-corrected chi connectivity index (χ2v) is 8.73. The quantitative estimate of drug-likeness (QED) is 0.711. The number of piperidine rings is 2. The van der Waals surface area contributed by atoms with Crippen molar-refractivity contribution in [2.45, 2.75) is 32.6 Å². The summed E-state index contributed by atoms with van der Waals surface area (Å²) in [7, 11) is 0. The highest BCUT2D eigenvalue weighted by Crippen LogP contribution is 2.32. The molecule has 2 aliphatic heterocycles. The first-order chi connectivity index (χ1) is 14.0. The van der Waals surface area contributed by atoms with E-state index < -0.39 is 0 Å². The van der Waals surface area contributed by atoms with Gasteiger partial charge in [0.2, 0.25) is 5.91 Å². The lowest BCUT2D eigenvalue weighted by Gasteiger charge is -2.36. The molecule has 4 rings (SSSR count). The van der Waals surface area contributed by atoms with Gasteiger partial charge in [0.25, 0.3) is 0 Å². The Kier molecular flexibility index (Phi) is 5.99. The summed E-state index contributed by atoms with van der Waals surface area (Å²) < 4.78 is 19.4. The fourth-order valence-corrected chi connectivity index (χ4v) is 5.24. The Balaban J connectivity index is 1.30. The van der Waals surface area contributed by atoms with Crippen molar-refractivity contribution in [3.05, 3.63) is 24.0 Å². The van der Waals surface area contributed by atoms with E-state index in [2.05, 4.69) is 9.88 Å². The smallest absolute Gasteiger partial charge is 0.309 e. The van der Waals surface area contributed by atoms with E-state index in [-0.39, 0.29) is 29.5 Å². The number of hydrogen-bond donors (Lipinski definition) is 0. The number of anilines is 1. The minimum Gasteiger partial charge on any atom is -0.466 e. The van der Waals surface area contributed by atoms with E-state index in [1.165, 1.54) is 23.5 Å². The van der Waals surface area contributed by atoms with Gasteiger partial charge in [0, 0.05) is 32.1 Å². The van der Waals surface area contributed by atoms with Crippen molar-refractivity contribution in [2.75, 3.05) is 37.7 Å². The summed E-state index contributed by atoms with van der Waals surface area (Å²) in [5.41, 5.74) is 0.814. The van der Waals surface area contributed by atoms with Gasteiger partial charge in [-0.25, -0.2) is 9.37 Å². The zero-order valence-electron chi connectivity index (χ0n) is 16.6. The molecule has 2 fully saturated rings. The van der Waals surface area contributed by atoms with Crippen molar-refractivity contribution in [3.63, 3.8) is 0 Å². The average Bonchev–Trinajstić information content (AvgIpc) is 3.17. The zero-order valence-corrected chi connectivity index (χ0v) is 17.4. The van der Waals surface area contributed by atoms with Crippen LogP contribution in [-0.4, -0.2) is 54.5 Å². The molecule has 2 saturated heterocycles. The number of nitrogens with zero attached hydrogens (tertiary/aromatic N) is 3. The zero-order chi connectivity index (χ0) is 20.4. The standard InChI is InChI=1S/C21H26FN3O3S/c1-2-28-20(27)15-7-9-24(10-8-15)19(26)14-5-11-25(12-6-14)21-23-17-4-3-16(22)13-18(17)29-21/h3-4,13-15H,2,5-12H2,1H3. The van der Waals surface area contributed by atoms with E-state index in [0.29, 0.717) is 32.5 Å². The van der Waals surface area contributed by atoms with Crippen LogP contribution in [-0.2, 0) is 14.3 Å². The molecule has 0 aliphatic carbocycles. The fourth-order valence-electron chi connectivity index (χ4n) is 4.19. The van der Waals surface area contributed by atoms with Gasteiger partial charge in [-0.3, -0.25) is 9.59 Å². The first-order valence-electron chi connectivity index (χ1n) is 10.3. The van der Waals surface area contributed by atoms with Crippen molar-refractivity contribution in [3.8, 4) is 0 Å². The van der Waals surface area contributed by atoms with E-state index in [0.717, 1.165) is 41.3 Å². The lowest BCUT2D eigenvalue weighted by molar-refractivity contribution is -0.151. The number of halogens is 1. The molecular formula is C21H26FN3O3S. The second kappa shape index (κ2) is 8.65. The van der Waals surface area contributed by atoms with Gasteiger partial charge in [-0.2, -0.15) is 0 Å². The predicted octanol–water partition coefficient (Wildman–Crippen LogP) is 3.45. The van der Waals surface area contributed by atoms with E-state index in [9.17, 15) is 14.0 Å². The van der Waals surface area contributed by atoms with Gasteiger partial charge < -0.3 is 14.5 Å². The topological polar surface area (TPSA) is 62.7 Å². The van der Waals surface area contributed by atoms with Crippen LogP contribution in [0.5, 0.6) is 0 Å². The number of benzene rings is 1. The molecule has 2 aliphatic rings. The van der Waals surface area contributed by atoms with Gasteiger partial charge in [0.05, 0.1) is 22.7 Å². The molecule has 0 radical (unpaired) electrons. The van der Waals surface area contributed by atoms with Crippen LogP contribution in [0, 0.1) is 17.7 Å². The van der Waals surface area contributed by atoms with Gasteiger partial charge in [0.15, 0.2) is 5.13 Å². The average molecular weight is 420 g/mol. The van der Waals surface area contributed by atoms with E-state index in [4.69, 9.17) is 4.74 Å². The molecule has 0 N–H and O–H groups in total. The molecule has 1 aromatic carbocycles. The van der Waals surface area contributed by atoms with Crippen LogP contribution in [0.4, 0.5) is 9.52 Å². The van der Waals surface area contributed by atoms with Gasteiger partial charge >= 0.3 is 5.97 Å². The van der Waals surface area contributed by atoms with Crippen LogP contribution >= 0.6 is 11.3 Å². The molecule has 1 amide bonds. The summed E-state index contributed by atoms with van der Waals surface area (Å²) in [6.07, 6.45) is 2.96. The largest absolute Gasteiger partial charge is 0.466 e. The Morgan fingerprint density at radius 1 is 1.14 bits per heavy atom. The number of fused-ring (bicyclic) bond motifs is 1. The van der Waals surface area contributed by atoms with Crippen LogP contribution in [0.25, 0.3) is 10.2 Å². The molecule has 0 bridgehead atoms. The highest BCUT2D eigenvalue weighted by atomic mass is 32.1. The number of carbonyl (C=O) groups excluding carboxylic acids is 2. The Bertz CT molecular complexity index is 886. The van der Waals surface area contributed by atoms with E-state index >= 15 is 0 Å². The highest BCUT2D eigenvalue weighted by Gasteiger charge is 2.33. The number of ether oxygens (including phenoxy) is 1. The summed E-state index contributed by atoms with van der Waals surface area (Å²) in [5.74, 6) is -0.229. The first kappa shape index (κ1) is 20.1. The number of esters is 1. The predicted molar refractivity (Wildman–Crippen MR) is 110 cm³/mol. The summed E-state index contributed by atoms with van der Waals surface area (Å²) >= 11 is 1.50. The number of aromatic nitrogens is 1. The molecule has 2 aromatic rings. The summed E-state index contributed by atoms with van der Waals surface area (Å²) in [4.78, 5) is 33.5. The number of hydrogen-bond acceptors (Lipinski definition) is 6. The second-order valence-electron chi connectivity index (χ2n) is 7.72. The third kappa shape index (κ3) is 4.37. The van der Waals surface area contributed by atoms with Crippen LogP contribution in [0.15, 0.2) is 18.2 Å². The summed E-state index contributed by atoms with van der Waals surface area (Å²) in [5, 5.41) is 0.895. The van der Waals surface area contributed by atoms with Crippen LogP contribution < -0.4 is 4.90 Å². The molecule has 29 heavy (non-hydrogen) atoms. The van der Waals surface area contributed by atoms with Crippen LogP contribution in [0.1, 0.15) is 32.6 Å². The molecule has 0 unspecified atom stereocenters. The maximum Gasteiger partial charge on any atom is 0.309 e. The fraction of sp³-hybridized carbons (Fsp3) is 0.571. The molecule has 156 valence electrons. The Labute approximate surface area is 173 Å². The molecule has 6 nitrogen and oxygen atoms in total. The molecule has 0 saturated carbocycles. The maximum atomic E-state index is 13.4. The molecular weight excluding hydrogens is 393 g/mol. The SMILES string of the molecule is CCOC(=O)C1CCN(C(=O)C2CCN(c3nc4ccc(F)cc4s3)CC2)CC1. The molecule has 8 heteroatoms. The van der Waals surface area contributed by atoms with Gasteiger partial charge in [-0.1, -0.05) is 11.3 Å².